The summed E-state index contributed by atoms with van der Waals surface area (Å²) in [6.45, 7) is 5.27. The van der Waals surface area contributed by atoms with Crippen molar-refractivity contribution in [3.05, 3.63) is 89.4 Å². The van der Waals surface area contributed by atoms with E-state index >= 15 is 0 Å². The van der Waals surface area contributed by atoms with Crippen molar-refractivity contribution in [1.29, 1.82) is 0 Å². The highest BCUT2D eigenvalue weighted by Gasteiger charge is 2.54. The number of hydrogen-bond acceptors (Lipinski definition) is 8. The van der Waals surface area contributed by atoms with Gasteiger partial charge in [-0.05, 0) is 62.2 Å². The van der Waals surface area contributed by atoms with Crippen molar-refractivity contribution in [3.8, 4) is 5.75 Å². The smallest absolute Gasteiger partial charge is 0.408 e. The molecule has 1 fully saturated rings. The van der Waals surface area contributed by atoms with Crippen molar-refractivity contribution in [3.63, 3.8) is 0 Å². The Kier molecular flexibility index (Phi) is 8.75. The molecule has 3 heterocycles. The molecule has 0 unspecified atom stereocenters. The molecule has 0 spiro atoms. The molecule has 2 amide bonds. The molecule has 0 bridgehead atoms. The van der Waals surface area contributed by atoms with E-state index in [2.05, 4.69) is 10.3 Å². The normalized spacial score (nSPS) is 19.1. The lowest BCUT2D eigenvalue weighted by Gasteiger charge is -2.49. The van der Waals surface area contributed by atoms with Crippen LogP contribution in [0.3, 0.4) is 0 Å². The SMILES string of the molecule is COc1ccc(COC(=O)C2=C(/C=C/C=C/c3ccccn3)CS[C@@H]3[C@H](NC(=O)OC(C)(C)C)C(=O)N23)cc1. The molecular formula is C29H31N3O6S. The van der Waals surface area contributed by atoms with Crippen LogP contribution in [0.1, 0.15) is 32.0 Å². The standard InChI is InChI=1S/C29H31N3O6S/c1-29(2,3)38-28(35)31-23-25(33)32-24(27(34)37-17-19-12-14-22(36-4)15-13-19)20(18-39-26(23)32)9-5-6-10-21-11-7-8-16-30-21/h5-16,23,26H,17-18H2,1-4H3,(H,31,35)/b9-5+,10-6+/t23-,26-/m1/s1. The van der Waals surface area contributed by atoms with Crippen molar-refractivity contribution >= 4 is 35.8 Å². The molecule has 0 aliphatic carbocycles. The van der Waals surface area contributed by atoms with E-state index in [1.807, 2.05) is 30.4 Å². The van der Waals surface area contributed by atoms with Crippen LogP contribution in [0.5, 0.6) is 5.75 Å². The summed E-state index contributed by atoms with van der Waals surface area (Å²) < 4.78 is 16.1. The quantitative estimate of drug-likeness (QED) is 0.292. The molecule has 0 radical (unpaired) electrons. The fourth-order valence-corrected chi connectivity index (χ4v) is 5.25. The number of β-lactam (4-membered cyclic amide) rings is 1. The first kappa shape index (κ1) is 28.0. The van der Waals surface area contributed by atoms with Gasteiger partial charge in [0.15, 0.2) is 0 Å². The number of pyridine rings is 1. The number of rotatable bonds is 8. The van der Waals surface area contributed by atoms with E-state index in [1.54, 1.807) is 70.5 Å². The Bertz CT molecular complexity index is 1300. The lowest BCUT2D eigenvalue weighted by atomic mass is 10.0. The molecule has 2 aliphatic heterocycles. The van der Waals surface area contributed by atoms with Gasteiger partial charge in [-0.25, -0.2) is 9.59 Å². The molecule has 1 saturated heterocycles. The summed E-state index contributed by atoms with van der Waals surface area (Å²) in [6.07, 6.45) is 8.26. The Hall–Kier alpha value is -4.05. The second kappa shape index (κ2) is 12.2. The van der Waals surface area contributed by atoms with Gasteiger partial charge in [0.25, 0.3) is 5.91 Å². The highest BCUT2D eigenvalue weighted by Crippen LogP contribution is 2.41. The van der Waals surface area contributed by atoms with Crippen molar-refractivity contribution in [2.75, 3.05) is 12.9 Å². The zero-order valence-electron chi connectivity index (χ0n) is 22.2. The predicted octanol–water partition coefficient (Wildman–Crippen LogP) is 4.47. The Balaban J connectivity index is 1.53. The monoisotopic (exact) mass is 549 g/mol. The molecule has 1 aromatic carbocycles. The number of methoxy groups -OCH3 is 1. The molecule has 1 N–H and O–H groups in total. The molecule has 0 saturated carbocycles. The van der Waals surface area contributed by atoms with E-state index in [9.17, 15) is 14.4 Å². The van der Waals surface area contributed by atoms with Gasteiger partial charge in [0.2, 0.25) is 0 Å². The minimum Gasteiger partial charge on any atom is -0.497 e. The average Bonchev–Trinajstić information content (AvgIpc) is 2.92. The van der Waals surface area contributed by atoms with Crippen molar-refractivity contribution in [2.45, 2.75) is 44.4 Å². The first-order chi connectivity index (χ1) is 18.7. The van der Waals surface area contributed by atoms with Gasteiger partial charge in [-0.1, -0.05) is 36.4 Å². The Morgan fingerprint density at radius 2 is 1.87 bits per heavy atom. The van der Waals surface area contributed by atoms with E-state index in [0.717, 1.165) is 11.3 Å². The van der Waals surface area contributed by atoms with E-state index in [1.165, 1.54) is 16.7 Å². The number of thioether (sulfide) groups is 1. The van der Waals surface area contributed by atoms with Crippen LogP contribution in [0, 0.1) is 0 Å². The van der Waals surface area contributed by atoms with Crippen LogP contribution in [0.15, 0.2) is 78.2 Å². The van der Waals surface area contributed by atoms with E-state index in [0.29, 0.717) is 17.1 Å². The summed E-state index contributed by atoms with van der Waals surface area (Å²) in [5.74, 6) is 0.126. The second-order valence-electron chi connectivity index (χ2n) is 9.80. The number of allylic oxidation sites excluding steroid dienone is 3. The molecule has 2 aliphatic rings. The van der Waals surface area contributed by atoms with Gasteiger partial charge in [-0.3, -0.25) is 14.7 Å². The van der Waals surface area contributed by atoms with Gasteiger partial charge in [-0.2, -0.15) is 0 Å². The number of carbonyl (C=O) groups excluding carboxylic acids is 3. The van der Waals surface area contributed by atoms with Crippen molar-refractivity contribution < 1.29 is 28.6 Å². The summed E-state index contributed by atoms with van der Waals surface area (Å²) in [4.78, 5) is 44.4. The van der Waals surface area contributed by atoms with E-state index in [4.69, 9.17) is 14.2 Å². The number of benzene rings is 1. The minimum absolute atomic E-state index is 0.0301. The van der Waals surface area contributed by atoms with Gasteiger partial charge in [0.1, 0.15) is 35.1 Å². The summed E-state index contributed by atoms with van der Waals surface area (Å²) in [5, 5.41) is 2.19. The maximum Gasteiger partial charge on any atom is 0.408 e. The zero-order chi connectivity index (χ0) is 28.0. The fourth-order valence-electron chi connectivity index (χ4n) is 3.93. The predicted molar refractivity (Wildman–Crippen MR) is 148 cm³/mol. The molecule has 204 valence electrons. The Morgan fingerprint density at radius 3 is 2.54 bits per heavy atom. The lowest BCUT2D eigenvalue weighted by molar-refractivity contribution is -0.152. The highest BCUT2D eigenvalue weighted by molar-refractivity contribution is 8.00. The number of hydrogen-bond donors (Lipinski definition) is 1. The van der Waals surface area contributed by atoms with Crippen LogP contribution < -0.4 is 10.1 Å². The van der Waals surface area contributed by atoms with Gasteiger partial charge in [0.05, 0.1) is 12.8 Å². The van der Waals surface area contributed by atoms with Crippen molar-refractivity contribution in [2.24, 2.45) is 0 Å². The maximum atomic E-state index is 13.3. The molecule has 10 heteroatoms. The number of esters is 1. The van der Waals surface area contributed by atoms with Crippen LogP contribution in [0.2, 0.25) is 0 Å². The minimum atomic E-state index is -0.802. The van der Waals surface area contributed by atoms with Crippen LogP contribution in [-0.4, -0.2) is 57.7 Å². The first-order valence-corrected chi connectivity index (χ1v) is 13.4. The number of fused-ring (bicyclic) bond motifs is 1. The van der Waals surface area contributed by atoms with Gasteiger partial charge in [0, 0.05) is 11.9 Å². The third-order valence-electron chi connectivity index (χ3n) is 5.76. The molecule has 2 aromatic rings. The number of amides is 2. The van der Waals surface area contributed by atoms with E-state index < -0.39 is 35.0 Å². The molecular weight excluding hydrogens is 518 g/mol. The number of alkyl carbamates (subject to hydrolysis) is 1. The van der Waals surface area contributed by atoms with Crippen molar-refractivity contribution in [1.82, 2.24) is 15.2 Å². The second-order valence-corrected chi connectivity index (χ2v) is 10.9. The summed E-state index contributed by atoms with van der Waals surface area (Å²) in [5.41, 5.74) is 1.68. The number of aromatic nitrogens is 1. The van der Waals surface area contributed by atoms with Gasteiger partial charge < -0.3 is 19.5 Å². The number of carbonyl (C=O) groups is 3. The number of ether oxygens (including phenoxy) is 3. The molecule has 2 atom stereocenters. The topological polar surface area (TPSA) is 107 Å². The first-order valence-electron chi connectivity index (χ1n) is 12.4. The number of nitrogens with one attached hydrogen (secondary N) is 1. The summed E-state index contributed by atoms with van der Waals surface area (Å²) >= 11 is 1.45. The zero-order valence-corrected chi connectivity index (χ0v) is 23.1. The number of nitrogens with zero attached hydrogens (tertiary/aromatic N) is 2. The van der Waals surface area contributed by atoms with E-state index in [-0.39, 0.29) is 12.3 Å². The lowest BCUT2D eigenvalue weighted by Crippen LogP contribution is -2.70. The van der Waals surface area contributed by atoms with Crippen LogP contribution in [0.25, 0.3) is 6.08 Å². The molecule has 4 rings (SSSR count). The average molecular weight is 550 g/mol. The third kappa shape index (κ3) is 7.08. The van der Waals surface area contributed by atoms with Gasteiger partial charge in [-0.15, -0.1) is 11.8 Å². The maximum absolute atomic E-state index is 13.3. The molecule has 9 nitrogen and oxygen atoms in total. The Labute approximate surface area is 231 Å². The van der Waals surface area contributed by atoms with Crippen LogP contribution in [-0.2, 0) is 25.7 Å². The summed E-state index contributed by atoms with van der Waals surface area (Å²) in [7, 11) is 1.58. The highest BCUT2D eigenvalue weighted by atomic mass is 32.2. The molecule has 39 heavy (non-hydrogen) atoms. The fraction of sp³-hybridized carbons (Fsp3) is 0.310. The molecule has 1 aromatic heterocycles. The van der Waals surface area contributed by atoms with Crippen LogP contribution in [0.4, 0.5) is 4.79 Å². The summed E-state index contributed by atoms with van der Waals surface area (Å²) in [6, 6.07) is 12.0. The van der Waals surface area contributed by atoms with Gasteiger partial charge >= 0.3 is 12.1 Å². The largest absolute Gasteiger partial charge is 0.497 e. The van der Waals surface area contributed by atoms with Crippen LogP contribution >= 0.6 is 11.8 Å². The third-order valence-corrected chi connectivity index (χ3v) is 7.06. The Morgan fingerprint density at radius 1 is 1.13 bits per heavy atom.